The minimum absolute atomic E-state index is 0.540. The number of aryl methyl sites for hydroxylation is 2. The van der Waals surface area contributed by atoms with Crippen molar-refractivity contribution in [3.8, 4) is 0 Å². The number of fused-ring (bicyclic) bond motifs is 1. The highest BCUT2D eigenvalue weighted by Gasteiger charge is 2.10. The van der Waals surface area contributed by atoms with Crippen molar-refractivity contribution < 1.29 is 0 Å². The summed E-state index contributed by atoms with van der Waals surface area (Å²) in [4.78, 5) is 0. The van der Waals surface area contributed by atoms with E-state index >= 15 is 0 Å². The number of hydrogen-bond donors (Lipinski definition) is 0. The maximum absolute atomic E-state index is 2.37. The zero-order chi connectivity index (χ0) is 14.8. The van der Waals surface area contributed by atoms with Gasteiger partial charge in [0, 0.05) is 0 Å². The highest BCUT2D eigenvalue weighted by molar-refractivity contribution is 5.73. The lowest BCUT2D eigenvalue weighted by Gasteiger charge is -2.16. The summed E-state index contributed by atoms with van der Waals surface area (Å²) in [6.07, 6.45) is 8.03. The molecule has 3 rings (SSSR count). The Labute approximate surface area is 127 Å². The first-order valence-corrected chi connectivity index (χ1v) is 7.69. The molecule has 106 valence electrons. The maximum atomic E-state index is 2.37. The Bertz CT molecular complexity index is 789. The van der Waals surface area contributed by atoms with E-state index in [1.807, 2.05) is 0 Å². The molecule has 0 heterocycles. The molecule has 0 spiro atoms. The van der Waals surface area contributed by atoms with Crippen LogP contribution in [0.25, 0.3) is 17.7 Å². The predicted octanol–water partition coefficient (Wildman–Crippen LogP) is 3.99. The number of allylic oxidation sites excluding steroid dienone is 2. The van der Waals surface area contributed by atoms with E-state index in [0.717, 1.165) is 6.42 Å². The van der Waals surface area contributed by atoms with Crippen LogP contribution in [-0.2, 0) is 0 Å². The Kier molecular flexibility index (Phi) is 3.79. The SMILES string of the molecule is Cc1ccc(C2=CC=c3cc(C)ccc3=CCC2C)cc1. The third-order valence-electron chi connectivity index (χ3n) is 4.29. The van der Waals surface area contributed by atoms with Crippen LogP contribution in [0.5, 0.6) is 0 Å². The molecule has 0 radical (unpaired) electrons. The molecule has 1 aliphatic rings. The van der Waals surface area contributed by atoms with Crippen molar-refractivity contribution in [3.05, 3.63) is 75.7 Å². The van der Waals surface area contributed by atoms with E-state index < -0.39 is 0 Å². The highest BCUT2D eigenvalue weighted by Crippen LogP contribution is 2.27. The lowest BCUT2D eigenvalue weighted by atomic mass is 9.89. The number of rotatable bonds is 1. The van der Waals surface area contributed by atoms with E-state index in [9.17, 15) is 0 Å². The van der Waals surface area contributed by atoms with Crippen molar-refractivity contribution in [1.29, 1.82) is 0 Å². The molecule has 2 aromatic rings. The van der Waals surface area contributed by atoms with E-state index in [1.165, 1.54) is 32.7 Å². The first kappa shape index (κ1) is 13.9. The topological polar surface area (TPSA) is 0 Å². The van der Waals surface area contributed by atoms with Crippen molar-refractivity contribution in [2.24, 2.45) is 5.92 Å². The molecule has 0 aromatic heterocycles. The molecule has 0 heteroatoms. The molecule has 0 N–H and O–H groups in total. The summed E-state index contributed by atoms with van der Waals surface area (Å²) in [6, 6.07) is 15.6. The van der Waals surface area contributed by atoms with Gasteiger partial charge in [-0.3, -0.25) is 0 Å². The molecular weight excluding hydrogens is 252 g/mol. The lowest BCUT2D eigenvalue weighted by Crippen LogP contribution is -2.25. The molecule has 0 amide bonds. The summed E-state index contributed by atoms with van der Waals surface area (Å²) in [5.41, 5.74) is 5.40. The minimum atomic E-state index is 0.540. The summed E-state index contributed by atoms with van der Waals surface area (Å²) in [7, 11) is 0. The Balaban J connectivity index is 2.13. The second kappa shape index (κ2) is 5.73. The molecule has 0 saturated carbocycles. The van der Waals surface area contributed by atoms with Crippen molar-refractivity contribution in [2.75, 3.05) is 0 Å². The Morgan fingerprint density at radius 1 is 0.810 bits per heavy atom. The van der Waals surface area contributed by atoms with Gasteiger partial charge in [0.05, 0.1) is 0 Å². The fourth-order valence-corrected chi connectivity index (χ4v) is 2.93. The van der Waals surface area contributed by atoms with Crippen LogP contribution in [0, 0.1) is 19.8 Å². The van der Waals surface area contributed by atoms with Crippen LogP contribution in [0.4, 0.5) is 0 Å². The van der Waals surface area contributed by atoms with E-state index in [-0.39, 0.29) is 0 Å². The monoisotopic (exact) mass is 274 g/mol. The van der Waals surface area contributed by atoms with Gasteiger partial charge in [-0.15, -0.1) is 0 Å². The zero-order valence-corrected chi connectivity index (χ0v) is 13.1. The van der Waals surface area contributed by atoms with Gasteiger partial charge in [0.25, 0.3) is 0 Å². The summed E-state index contributed by atoms with van der Waals surface area (Å²) >= 11 is 0. The van der Waals surface area contributed by atoms with Gasteiger partial charge in [0.15, 0.2) is 0 Å². The smallest absolute Gasteiger partial charge is 0.0150 e. The second-order valence-electron chi connectivity index (χ2n) is 6.13. The van der Waals surface area contributed by atoms with Gasteiger partial charge in [-0.25, -0.2) is 0 Å². The van der Waals surface area contributed by atoms with Gasteiger partial charge in [-0.05, 0) is 47.8 Å². The zero-order valence-electron chi connectivity index (χ0n) is 13.1. The summed E-state index contributed by atoms with van der Waals surface area (Å²) in [5.74, 6) is 0.540. The molecule has 2 aromatic carbocycles. The van der Waals surface area contributed by atoms with Crippen LogP contribution >= 0.6 is 0 Å². The Morgan fingerprint density at radius 3 is 2.29 bits per heavy atom. The number of benzene rings is 2. The van der Waals surface area contributed by atoms with Crippen LogP contribution in [-0.4, -0.2) is 0 Å². The predicted molar refractivity (Wildman–Crippen MR) is 92.3 cm³/mol. The van der Waals surface area contributed by atoms with Crippen molar-refractivity contribution in [1.82, 2.24) is 0 Å². The standard InChI is InChI=1S/C21H22/c1-15-4-9-19(10-5-15)21-13-12-20-14-16(2)6-8-18(20)11-7-17(21)3/h4-6,8-14,17H,7H2,1-3H3. The average molecular weight is 274 g/mol. The molecule has 0 fully saturated rings. The van der Waals surface area contributed by atoms with Gasteiger partial charge < -0.3 is 0 Å². The Hall–Kier alpha value is -2.08. The molecule has 1 unspecified atom stereocenters. The van der Waals surface area contributed by atoms with Gasteiger partial charge >= 0.3 is 0 Å². The fraction of sp³-hybridized carbons (Fsp3) is 0.238. The van der Waals surface area contributed by atoms with Crippen LogP contribution < -0.4 is 10.4 Å². The maximum Gasteiger partial charge on any atom is -0.0150 e. The quantitative estimate of drug-likeness (QED) is 0.737. The molecule has 0 bridgehead atoms. The van der Waals surface area contributed by atoms with E-state index in [4.69, 9.17) is 0 Å². The average Bonchev–Trinajstić information content (AvgIpc) is 2.46. The summed E-state index contributed by atoms with van der Waals surface area (Å²) in [6.45, 7) is 6.61. The minimum Gasteiger partial charge on any atom is -0.0761 e. The first-order chi connectivity index (χ1) is 10.1. The molecule has 1 atom stereocenters. The third-order valence-corrected chi connectivity index (χ3v) is 4.29. The molecule has 0 nitrogen and oxygen atoms in total. The summed E-state index contributed by atoms with van der Waals surface area (Å²) < 4.78 is 0. The van der Waals surface area contributed by atoms with E-state index in [0.29, 0.717) is 5.92 Å². The van der Waals surface area contributed by atoms with Gasteiger partial charge in [-0.2, -0.15) is 0 Å². The molecular formula is C21H22. The third kappa shape index (κ3) is 3.00. The van der Waals surface area contributed by atoms with E-state index in [1.54, 1.807) is 0 Å². The van der Waals surface area contributed by atoms with Crippen molar-refractivity contribution in [3.63, 3.8) is 0 Å². The normalized spacial score (nSPS) is 17.7. The molecule has 1 aliphatic carbocycles. The first-order valence-electron chi connectivity index (χ1n) is 7.69. The van der Waals surface area contributed by atoms with Gasteiger partial charge in [0.2, 0.25) is 0 Å². The second-order valence-corrected chi connectivity index (χ2v) is 6.13. The highest BCUT2D eigenvalue weighted by atomic mass is 14.1. The summed E-state index contributed by atoms with van der Waals surface area (Å²) in [5, 5.41) is 2.68. The fourth-order valence-electron chi connectivity index (χ4n) is 2.93. The van der Waals surface area contributed by atoms with Crippen LogP contribution in [0.15, 0.2) is 48.5 Å². The van der Waals surface area contributed by atoms with Crippen molar-refractivity contribution in [2.45, 2.75) is 27.2 Å². The van der Waals surface area contributed by atoms with Gasteiger partial charge in [-0.1, -0.05) is 78.7 Å². The number of hydrogen-bond acceptors (Lipinski definition) is 0. The van der Waals surface area contributed by atoms with Crippen molar-refractivity contribution >= 4 is 17.7 Å². The van der Waals surface area contributed by atoms with E-state index in [2.05, 4.69) is 81.5 Å². The van der Waals surface area contributed by atoms with Gasteiger partial charge in [0.1, 0.15) is 0 Å². The molecule has 0 saturated heterocycles. The van der Waals surface area contributed by atoms with Crippen LogP contribution in [0.3, 0.4) is 0 Å². The van der Waals surface area contributed by atoms with Crippen LogP contribution in [0.1, 0.15) is 30.0 Å². The largest absolute Gasteiger partial charge is 0.0761 e. The molecule has 21 heavy (non-hydrogen) atoms. The molecule has 0 aliphatic heterocycles. The lowest BCUT2D eigenvalue weighted by molar-refractivity contribution is 0.787. The Morgan fingerprint density at radius 2 is 1.52 bits per heavy atom. The van der Waals surface area contributed by atoms with Crippen LogP contribution in [0.2, 0.25) is 0 Å².